The molecule has 1 aromatic heterocycles. The first-order valence-corrected chi connectivity index (χ1v) is 5.75. The number of carbonyl (C=O) groups is 1. The number of H-pyrrole nitrogens is 1. The third-order valence-electron chi connectivity index (χ3n) is 2.18. The Hall–Kier alpha value is -1.88. The quantitative estimate of drug-likeness (QED) is 0.874. The summed E-state index contributed by atoms with van der Waals surface area (Å²) in [4.78, 5) is 14.5. The molecule has 0 saturated heterocycles. The van der Waals surface area contributed by atoms with E-state index in [0.29, 0.717) is 0 Å². The molecule has 5 heteroatoms. The van der Waals surface area contributed by atoms with Crippen LogP contribution in [0.4, 0.5) is 0 Å². The number of aromatic amines is 1. The van der Waals surface area contributed by atoms with Crippen LogP contribution in [0.25, 0.3) is 0 Å². The Morgan fingerprint density at radius 3 is 2.47 bits per heavy atom. The van der Waals surface area contributed by atoms with Crippen molar-refractivity contribution in [3.05, 3.63) is 42.1 Å². The summed E-state index contributed by atoms with van der Waals surface area (Å²) in [6, 6.07) is 10.9. The minimum absolute atomic E-state index is 0.195. The Kier molecular flexibility index (Phi) is 3.39. The molecule has 0 fully saturated rings. The van der Waals surface area contributed by atoms with Crippen LogP contribution in [0.3, 0.4) is 0 Å². The first-order valence-electron chi connectivity index (χ1n) is 4.93. The summed E-state index contributed by atoms with van der Waals surface area (Å²) in [5.74, 6) is -0.154. The minimum atomic E-state index is -0.952. The number of nitrogens with one attached hydrogen (secondary N) is 1. The topological polar surface area (TPSA) is 62.3 Å². The van der Waals surface area contributed by atoms with Crippen molar-refractivity contribution in [2.45, 2.75) is 9.92 Å². The number of ether oxygens (including phenoxy) is 1. The van der Waals surface area contributed by atoms with E-state index in [1.165, 1.54) is 11.8 Å². The Labute approximate surface area is 103 Å². The molecule has 0 amide bonds. The van der Waals surface area contributed by atoms with Gasteiger partial charge in [-0.25, -0.2) is 4.79 Å². The molecule has 17 heavy (non-hydrogen) atoms. The van der Waals surface area contributed by atoms with E-state index in [-0.39, 0.29) is 5.69 Å². The number of carboxylic acids is 1. The van der Waals surface area contributed by atoms with Crippen LogP contribution >= 0.6 is 11.8 Å². The standard InChI is InChI=1S/C12H11NO3S/c1-16-8-2-4-9(5-3-8)17-11-7-6-10(13-11)12(14)15/h2-7,13H,1H3,(H,14,15). The maximum Gasteiger partial charge on any atom is 0.352 e. The van der Waals surface area contributed by atoms with Gasteiger partial charge in [-0.1, -0.05) is 11.8 Å². The molecular formula is C12H11NO3S. The van der Waals surface area contributed by atoms with E-state index in [0.717, 1.165) is 15.7 Å². The number of hydrogen-bond donors (Lipinski definition) is 2. The van der Waals surface area contributed by atoms with Gasteiger partial charge in [-0.05, 0) is 36.4 Å². The summed E-state index contributed by atoms with van der Waals surface area (Å²) < 4.78 is 5.06. The number of carboxylic acid groups (broad SMARTS) is 1. The normalized spacial score (nSPS) is 10.2. The van der Waals surface area contributed by atoms with Crippen LogP contribution in [0.2, 0.25) is 0 Å². The molecule has 0 saturated carbocycles. The van der Waals surface area contributed by atoms with Crippen molar-refractivity contribution < 1.29 is 14.6 Å². The molecule has 0 aliphatic rings. The molecular weight excluding hydrogens is 238 g/mol. The Morgan fingerprint density at radius 1 is 1.24 bits per heavy atom. The second kappa shape index (κ2) is 4.97. The van der Waals surface area contributed by atoms with Crippen molar-refractivity contribution >= 4 is 17.7 Å². The van der Waals surface area contributed by atoms with Gasteiger partial charge in [0.2, 0.25) is 0 Å². The summed E-state index contributed by atoms with van der Waals surface area (Å²) in [6.45, 7) is 0. The lowest BCUT2D eigenvalue weighted by Crippen LogP contribution is -1.95. The van der Waals surface area contributed by atoms with E-state index in [2.05, 4.69) is 4.98 Å². The molecule has 0 spiro atoms. The smallest absolute Gasteiger partial charge is 0.352 e. The minimum Gasteiger partial charge on any atom is -0.497 e. The van der Waals surface area contributed by atoms with Gasteiger partial charge in [0.25, 0.3) is 0 Å². The van der Waals surface area contributed by atoms with Gasteiger partial charge in [0.15, 0.2) is 0 Å². The van der Waals surface area contributed by atoms with E-state index in [1.807, 2.05) is 24.3 Å². The lowest BCUT2D eigenvalue weighted by atomic mass is 10.3. The maximum atomic E-state index is 10.7. The number of hydrogen-bond acceptors (Lipinski definition) is 3. The zero-order valence-electron chi connectivity index (χ0n) is 9.14. The molecule has 0 aliphatic carbocycles. The molecule has 0 unspecified atom stereocenters. The molecule has 0 aliphatic heterocycles. The van der Waals surface area contributed by atoms with Gasteiger partial charge in [-0.3, -0.25) is 0 Å². The highest BCUT2D eigenvalue weighted by atomic mass is 32.2. The Morgan fingerprint density at radius 2 is 1.94 bits per heavy atom. The second-order valence-corrected chi connectivity index (χ2v) is 4.43. The molecule has 88 valence electrons. The van der Waals surface area contributed by atoms with E-state index < -0.39 is 5.97 Å². The number of aromatic nitrogens is 1. The van der Waals surface area contributed by atoms with Crippen molar-refractivity contribution in [2.24, 2.45) is 0 Å². The van der Waals surface area contributed by atoms with Gasteiger partial charge in [-0.2, -0.15) is 0 Å². The molecule has 1 heterocycles. The summed E-state index contributed by atoms with van der Waals surface area (Å²) in [5, 5.41) is 9.57. The van der Waals surface area contributed by atoms with Crippen LogP contribution < -0.4 is 4.74 Å². The van der Waals surface area contributed by atoms with E-state index in [4.69, 9.17) is 9.84 Å². The van der Waals surface area contributed by atoms with Crippen LogP contribution in [-0.2, 0) is 0 Å². The molecule has 2 rings (SSSR count). The van der Waals surface area contributed by atoms with Gasteiger partial charge in [-0.15, -0.1) is 0 Å². The second-order valence-electron chi connectivity index (χ2n) is 3.32. The van der Waals surface area contributed by atoms with Crippen molar-refractivity contribution in [1.82, 2.24) is 4.98 Å². The largest absolute Gasteiger partial charge is 0.497 e. The number of aromatic carboxylic acids is 1. The van der Waals surface area contributed by atoms with E-state index in [1.54, 1.807) is 19.2 Å². The zero-order chi connectivity index (χ0) is 12.3. The molecule has 0 atom stereocenters. The molecule has 1 aromatic carbocycles. The predicted molar refractivity (Wildman–Crippen MR) is 64.9 cm³/mol. The highest BCUT2D eigenvalue weighted by Gasteiger charge is 2.06. The number of rotatable bonds is 4. The van der Waals surface area contributed by atoms with Gasteiger partial charge < -0.3 is 14.8 Å². The summed E-state index contributed by atoms with van der Waals surface area (Å²) in [6.07, 6.45) is 0. The first kappa shape index (κ1) is 11.6. The monoisotopic (exact) mass is 249 g/mol. The predicted octanol–water partition coefficient (Wildman–Crippen LogP) is 2.87. The lowest BCUT2D eigenvalue weighted by molar-refractivity contribution is 0.0691. The molecule has 2 N–H and O–H groups in total. The summed E-state index contributed by atoms with van der Waals surface area (Å²) >= 11 is 1.47. The number of benzene rings is 1. The maximum absolute atomic E-state index is 10.7. The van der Waals surface area contributed by atoms with Gasteiger partial charge in [0, 0.05) is 4.90 Å². The van der Waals surface area contributed by atoms with Crippen LogP contribution in [0.1, 0.15) is 10.5 Å². The third kappa shape index (κ3) is 2.82. The summed E-state index contributed by atoms with van der Waals surface area (Å²) in [5.41, 5.74) is 0.195. The average molecular weight is 249 g/mol. The van der Waals surface area contributed by atoms with Crippen molar-refractivity contribution in [2.75, 3.05) is 7.11 Å². The zero-order valence-corrected chi connectivity index (χ0v) is 9.95. The van der Waals surface area contributed by atoms with Crippen LogP contribution in [-0.4, -0.2) is 23.2 Å². The van der Waals surface area contributed by atoms with Crippen molar-refractivity contribution in [3.63, 3.8) is 0 Å². The van der Waals surface area contributed by atoms with Gasteiger partial charge in [0.1, 0.15) is 11.4 Å². The molecule has 0 bridgehead atoms. The van der Waals surface area contributed by atoms with Gasteiger partial charge >= 0.3 is 5.97 Å². The SMILES string of the molecule is COc1ccc(Sc2ccc(C(=O)O)[nH]2)cc1. The Bertz CT molecular complexity index is 519. The highest BCUT2D eigenvalue weighted by molar-refractivity contribution is 7.99. The summed E-state index contributed by atoms with van der Waals surface area (Å²) in [7, 11) is 1.62. The van der Waals surface area contributed by atoms with E-state index >= 15 is 0 Å². The van der Waals surface area contributed by atoms with Gasteiger partial charge in [0.05, 0.1) is 12.1 Å². The van der Waals surface area contributed by atoms with Crippen LogP contribution in [0.15, 0.2) is 46.3 Å². The molecule has 2 aromatic rings. The fourth-order valence-electron chi connectivity index (χ4n) is 1.33. The number of methoxy groups -OCH3 is 1. The first-order chi connectivity index (χ1) is 8.19. The average Bonchev–Trinajstić information content (AvgIpc) is 2.79. The lowest BCUT2D eigenvalue weighted by Gasteiger charge is -2.01. The van der Waals surface area contributed by atoms with Crippen LogP contribution in [0, 0.1) is 0 Å². The highest BCUT2D eigenvalue weighted by Crippen LogP contribution is 2.28. The fourth-order valence-corrected chi connectivity index (χ4v) is 2.15. The molecule has 0 radical (unpaired) electrons. The van der Waals surface area contributed by atoms with Crippen molar-refractivity contribution in [3.8, 4) is 5.75 Å². The molecule has 4 nitrogen and oxygen atoms in total. The fraction of sp³-hybridized carbons (Fsp3) is 0.0833. The Balaban J connectivity index is 2.11. The third-order valence-corrected chi connectivity index (χ3v) is 3.14. The van der Waals surface area contributed by atoms with Crippen molar-refractivity contribution in [1.29, 1.82) is 0 Å². The van der Waals surface area contributed by atoms with E-state index in [9.17, 15) is 4.79 Å². The van der Waals surface area contributed by atoms with Crippen LogP contribution in [0.5, 0.6) is 5.75 Å².